The van der Waals surface area contributed by atoms with Gasteiger partial charge in [0.2, 0.25) is 5.69 Å². The molecule has 9 nitrogen and oxygen atoms in total. The van der Waals surface area contributed by atoms with E-state index < -0.39 is 10.8 Å². The minimum atomic E-state index is -0.655. The molecule has 0 aromatic carbocycles. The molecule has 2 aromatic heterocycles. The summed E-state index contributed by atoms with van der Waals surface area (Å²) in [6.07, 6.45) is 2.88. The molecule has 0 spiro atoms. The molecule has 19 heavy (non-hydrogen) atoms. The number of rotatable bonds is 4. The van der Waals surface area contributed by atoms with Crippen molar-refractivity contribution >= 4 is 17.4 Å². The van der Waals surface area contributed by atoms with Gasteiger partial charge in [0.25, 0.3) is 5.91 Å². The highest BCUT2D eigenvalue weighted by molar-refractivity contribution is 6.04. The van der Waals surface area contributed by atoms with E-state index in [1.54, 1.807) is 26.2 Å². The number of aromatic nitrogens is 4. The van der Waals surface area contributed by atoms with Gasteiger partial charge in [-0.15, -0.1) is 0 Å². The Morgan fingerprint density at radius 2 is 2.26 bits per heavy atom. The van der Waals surface area contributed by atoms with Gasteiger partial charge in [-0.25, -0.2) is 0 Å². The van der Waals surface area contributed by atoms with Crippen molar-refractivity contribution in [1.29, 1.82) is 0 Å². The molecule has 0 saturated carbocycles. The van der Waals surface area contributed by atoms with Crippen molar-refractivity contribution in [3.63, 3.8) is 0 Å². The minimum Gasteiger partial charge on any atom is -0.303 e. The first kappa shape index (κ1) is 12.7. The topological polar surface area (TPSA) is 108 Å². The quantitative estimate of drug-likeness (QED) is 0.649. The molecule has 0 aliphatic heterocycles. The van der Waals surface area contributed by atoms with Gasteiger partial charge in [0, 0.05) is 25.9 Å². The third-order valence-electron chi connectivity index (χ3n) is 2.43. The summed E-state index contributed by atoms with van der Waals surface area (Å²) in [5, 5.41) is 21.2. The lowest BCUT2D eigenvalue weighted by Crippen LogP contribution is -2.15. The molecule has 0 fully saturated rings. The minimum absolute atomic E-state index is 0.225. The van der Waals surface area contributed by atoms with Gasteiger partial charge < -0.3 is 5.32 Å². The number of carbonyl (C=O) groups excluding carboxylic acids is 1. The van der Waals surface area contributed by atoms with Crippen molar-refractivity contribution < 1.29 is 9.72 Å². The molecule has 100 valence electrons. The van der Waals surface area contributed by atoms with Crippen LogP contribution in [0.1, 0.15) is 17.4 Å². The molecule has 2 aromatic rings. The number of hydrogen-bond acceptors (Lipinski definition) is 5. The molecule has 0 aliphatic carbocycles. The Kier molecular flexibility index (Phi) is 3.27. The lowest BCUT2D eigenvalue weighted by molar-refractivity contribution is -0.385. The first-order chi connectivity index (χ1) is 9.01. The zero-order chi connectivity index (χ0) is 14.0. The largest absolute Gasteiger partial charge is 0.320 e. The zero-order valence-electron chi connectivity index (χ0n) is 10.4. The van der Waals surface area contributed by atoms with Crippen molar-refractivity contribution in [2.24, 2.45) is 7.05 Å². The van der Waals surface area contributed by atoms with Crippen LogP contribution in [0.5, 0.6) is 0 Å². The normalized spacial score (nSPS) is 10.4. The molecule has 1 N–H and O–H groups in total. The average molecular weight is 264 g/mol. The second kappa shape index (κ2) is 4.88. The molecular weight excluding hydrogens is 252 g/mol. The molecule has 2 rings (SSSR count). The molecule has 0 saturated heterocycles. The molecule has 1 amide bonds. The highest BCUT2D eigenvalue weighted by Gasteiger charge is 2.25. The van der Waals surface area contributed by atoms with Gasteiger partial charge >= 0.3 is 5.69 Å². The Morgan fingerprint density at radius 3 is 2.79 bits per heavy atom. The van der Waals surface area contributed by atoms with Gasteiger partial charge in [0.05, 0.1) is 4.92 Å². The average Bonchev–Trinajstić information content (AvgIpc) is 2.95. The van der Waals surface area contributed by atoms with E-state index in [4.69, 9.17) is 0 Å². The van der Waals surface area contributed by atoms with Gasteiger partial charge in [-0.2, -0.15) is 10.2 Å². The SMILES string of the molecule is CCn1cc([N+](=O)[O-])c(C(=O)Nc2ccn(C)n2)n1. The highest BCUT2D eigenvalue weighted by Crippen LogP contribution is 2.17. The summed E-state index contributed by atoms with van der Waals surface area (Å²) in [7, 11) is 1.70. The lowest BCUT2D eigenvalue weighted by Gasteiger charge is -1.98. The van der Waals surface area contributed by atoms with Crippen LogP contribution in [0.4, 0.5) is 11.5 Å². The van der Waals surface area contributed by atoms with Gasteiger partial charge in [0.1, 0.15) is 6.20 Å². The summed E-state index contributed by atoms with van der Waals surface area (Å²) in [5.74, 6) is -0.342. The van der Waals surface area contributed by atoms with Gasteiger partial charge in [-0.1, -0.05) is 0 Å². The third kappa shape index (κ3) is 2.59. The molecular formula is C10H12N6O3. The van der Waals surface area contributed by atoms with E-state index in [9.17, 15) is 14.9 Å². The van der Waals surface area contributed by atoms with E-state index in [1.165, 1.54) is 15.6 Å². The van der Waals surface area contributed by atoms with Crippen LogP contribution in [-0.4, -0.2) is 30.4 Å². The molecule has 0 bridgehead atoms. The number of nitro groups is 1. The molecule has 0 atom stereocenters. The maximum absolute atomic E-state index is 11.9. The summed E-state index contributed by atoms with van der Waals surface area (Å²) in [4.78, 5) is 22.2. The predicted molar refractivity (Wildman–Crippen MR) is 65.7 cm³/mol. The molecule has 0 unspecified atom stereocenters. The van der Waals surface area contributed by atoms with E-state index >= 15 is 0 Å². The summed E-state index contributed by atoms with van der Waals surface area (Å²) in [6.45, 7) is 2.22. The Hall–Kier alpha value is -2.71. The molecule has 0 aliphatic rings. The van der Waals surface area contributed by atoms with Crippen molar-refractivity contribution in [2.75, 3.05) is 5.32 Å². The monoisotopic (exact) mass is 264 g/mol. The highest BCUT2D eigenvalue weighted by atomic mass is 16.6. The van der Waals surface area contributed by atoms with Crippen molar-refractivity contribution in [3.8, 4) is 0 Å². The van der Waals surface area contributed by atoms with Crippen LogP contribution in [-0.2, 0) is 13.6 Å². The number of nitrogens with zero attached hydrogens (tertiary/aromatic N) is 5. The van der Waals surface area contributed by atoms with E-state index in [0.717, 1.165) is 0 Å². The van der Waals surface area contributed by atoms with Crippen LogP contribution in [0.2, 0.25) is 0 Å². The summed E-state index contributed by atoms with van der Waals surface area (Å²) < 4.78 is 2.85. The van der Waals surface area contributed by atoms with Crippen LogP contribution in [0.15, 0.2) is 18.5 Å². The molecule has 9 heteroatoms. The number of carbonyl (C=O) groups is 1. The summed E-state index contributed by atoms with van der Waals surface area (Å²) >= 11 is 0. The molecule has 0 radical (unpaired) electrons. The fourth-order valence-corrected chi connectivity index (χ4v) is 1.53. The number of anilines is 1. The Bertz CT molecular complexity index is 629. The van der Waals surface area contributed by atoms with Crippen LogP contribution in [0.25, 0.3) is 0 Å². The fraction of sp³-hybridized carbons (Fsp3) is 0.300. The van der Waals surface area contributed by atoms with E-state index in [-0.39, 0.29) is 11.4 Å². The standard InChI is InChI=1S/C10H12N6O3/c1-3-15-6-7(16(18)19)9(13-15)10(17)11-8-4-5-14(2)12-8/h4-6H,3H2,1-2H3,(H,11,12,17). The number of amides is 1. The number of aryl methyl sites for hydroxylation is 2. The number of hydrogen-bond donors (Lipinski definition) is 1. The van der Waals surface area contributed by atoms with Gasteiger partial charge in [-0.05, 0) is 6.92 Å². The van der Waals surface area contributed by atoms with Crippen LogP contribution in [0.3, 0.4) is 0 Å². The van der Waals surface area contributed by atoms with E-state index in [1.807, 2.05) is 0 Å². The van der Waals surface area contributed by atoms with Crippen LogP contribution >= 0.6 is 0 Å². The fourth-order valence-electron chi connectivity index (χ4n) is 1.53. The zero-order valence-corrected chi connectivity index (χ0v) is 10.4. The van der Waals surface area contributed by atoms with Crippen molar-refractivity contribution in [3.05, 3.63) is 34.3 Å². The first-order valence-electron chi connectivity index (χ1n) is 5.54. The van der Waals surface area contributed by atoms with Gasteiger partial charge in [-0.3, -0.25) is 24.3 Å². The maximum atomic E-state index is 11.9. The second-order valence-corrected chi connectivity index (χ2v) is 3.80. The van der Waals surface area contributed by atoms with E-state index in [2.05, 4.69) is 15.5 Å². The third-order valence-corrected chi connectivity index (χ3v) is 2.43. The second-order valence-electron chi connectivity index (χ2n) is 3.80. The van der Waals surface area contributed by atoms with Crippen molar-refractivity contribution in [2.45, 2.75) is 13.5 Å². The summed E-state index contributed by atoms with van der Waals surface area (Å²) in [5.41, 5.74) is -0.548. The lowest BCUT2D eigenvalue weighted by atomic mass is 10.3. The summed E-state index contributed by atoms with van der Waals surface area (Å²) in [6, 6.07) is 1.58. The maximum Gasteiger partial charge on any atom is 0.320 e. The smallest absolute Gasteiger partial charge is 0.303 e. The Morgan fingerprint density at radius 1 is 1.53 bits per heavy atom. The number of nitrogens with one attached hydrogen (secondary N) is 1. The van der Waals surface area contributed by atoms with Crippen LogP contribution < -0.4 is 5.32 Å². The molecule has 2 heterocycles. The van der Waals surface area contributed by atoms with Crippen molar-refractivity contribution in [1.82, 2.24) is 19.6 Å². The van der Waals surface area contributed by atoms with Crippen LogP contribution in [0, 0.1) is 10.1 Å². The Balaban J connectivity index is 2.27. The van der Waals surface area contributed by atoms with Gasteiger partial charge in [0.15, 0.2) is 5.82 Å². The first-order valence-corrected chi connectivity index (χ1v) is 5.54. The Labute approximate surface area is 108 Å². The predicted octanol–water partition coefficient (Wildman–Crippen LogP) is 0.797. The van der Waals surface area contributed by atoms with E-state index in [0.29, 0.717) is 12.4 Å².